The van der Waals surface area contributed by atoms with E-state index in [2.05, 4.69) is 21.7 Å². The van der Waals surface area contributed by atoms with Crippen molar-refractivity contribution in [3.63, 3.8) is 0 Å². The third-order valence-corrected chi connectivity index (χ3v) is 4.69. The van der Waals surface area contributed by atoms with Gasteiger partial charge in [-0.3, -0.25) is 14.6 Å². The summed E-state index contributed by atoms with van der Waals surface area (Å²) in [6, 6.07) is 7.70. The minimum absolute atomic E-state index is 0.0219. The highest BCUT2D eigenvalue weighted by Crippen LogP contribution is 2.19. The van der Waals surface area contributed by atoms with E-state index in [1.54, 1.807) is 22.4 Å². The molecule has 1 aliphatic rings. The van der Waals surface area contributed by atoms with Crippen molar-refractivity contribution in [1.82, 2.24) is 15.2 Å². The Morgan fingerprint density at radius 1 is 1.39 bits per heavy atom. The van der Waals surface area contributed by atoms with Gasteiger partial charge in [-0.15, -0.1) is 0 Å². The molecule has 0 unspecified atom stereocenters. The predicted molar refractivity (Wildman–Crippen MR) is 88.8 cm³/mol. The van der Waals surface area contributed by atoms with Gasteiger partial charge in [0.25, 0.3) is 0 Å². The Morgan fingerprint density at radius 3 is 3.04 bits per heavy atom. The Labute approximate surface area is 139 Å². The van der Waals surface area contributed by atoms with Crippen LogP contribution in [0.1, 0.15) is 17.7 Å². The molecule has 3 heterocycles. The van der Waals surface area contributed by atoms with Gasteiger partial charge in [0.15, 0.2) is 0 Å². The van der Waals surface area contributed by atoms with Gasteiger partial charge < -0.3 is 10.2 Å². The molecule has 1 saturated heterocycles. The molecular weight excluding hydrogens is 310 g/mol. The van der Waals surface area contributed by atoms with Crippen LogP contribution in [0.15, 0.2) is 41.2 Å². The summed E-state index contributed by atoms with van der Waals surface area (Å²) in [4.78, 5) is 30.2. The van der Waals surface area contributed by atoms with Crippen LogP contribution in [-0.4, -0.2) is 34.8 Å². The van der Waals surface area contributed by atoms with Crippen LogP contribution in [0.25, 0.3) is 0 Å². The quantitative estimate of drug-likeness (QED) is 0.880. The number of likely N-dealkylation sites (tertiary alicyclic amines) is 1. The van der Waals surface area contributed by atoms with Gasteiger partial charge in [-0.2, -0.15) is 11.3 Å². The molecule has 0 saturated carbocycles. The summed E-state index contributed by atoms with van der Waals surface area (Å²) in [6.45, 7) is 1.55. The van der Waals surface area contributed by atoms with Gasteiger partial charge in [0, 0.05) is 25.7 Å². The van der Waals surface area contributed by atoms with Gasteiger partial charge in [-0.25, -0.2) is 0 Å². The van der Waals surface area contributed by atoms with Crippen LogP contribution in [-0.2, 0) is 22.6 Å². The molecule has 6 heteroatoms. The van der Waals surface area contributed by atoms with Gasteiger partial charge in [0.1, 0.15) is 0 Å². The zero-order valence-corrected chi connectivity index (χ0v) is 13.6. The third-order valence-electron chi connectivity index (χ3n) is 3.96. The highest BCUT2D eigenvalue weighted by molar-refractivity contribution is 7.07. The van der Waals surface area contributed by atoms with Gasteiger partial charge in [0.2, 0.25) is 11.8 Å². The van der Waals surface area contributed by atoms with E-state index in [1.807, 2.05) is 23.6 Å². The van der Waals surface area contributed by atoms with E-state index >= 15 is 0 Å². The third kappa shape index (κ3) is 4.16. The lowest BCUT2D eigenvalue weighted by molar-refractivity contribution is -0.129. The molecule has 3 rings (SSSR count). The maximum absolute atomic E-state index is 12.2. The molecule has 0 radical (unpaired) electrons. The SMILES string of the molecule is O=C(NCCc1ccsc1)[C@H]1CC(=O)N(Cc2ccccn2)C1. The van der Waals surface area contributed by atoms with Crippen LogP contribution in [0.3, 0.4) is 0 Å². The number of nitrogens with zero attached hydrogens (tertiary/aromatic N) is 2. The molecule has 2 amide bonds. The molecule has 2 aromatic heterocycles. The monoisotopic (exact) mass is 329 g/mol. The number of amides is 2. The van der Waals surface area contributed by atoms with Gasteiger partial charge in [-0.1, -0.05) is 6.07 Å². The first-order chi connectivity index (χ1) is 11.2. The molecule has 1 atom stereocenters. The minimum Gasteiger partial charge on any atom is -0.355 e. The number of pyridine rings is 1. The molecule has 23 heavy (non-hydrogen) atoms. The molecule has 2 aromatic rings. The number of aromatic nitrogens is 1. The molecule has 1 fully saturated rings. The normalized spacial score (nSPS) is 17.5. The zero-order chi connectivity index (χ0) is 16.1. The highest BCUT2D eigenvalue weighted by Gasteiger charge is 2.34. The summed E-state index contributed by atoms with van der Waals surface area (Å²) >= 11 is 1.66. The van der Waals surface area contributed by atoms with Crippen molar-refractivity contribution in [3.8, 4) is 0 Å². The summed E-state index contributed by atoms with van der Waals surface area (Å²) < 4.78 is 0. The van der Waals surface area contributed by atoms with Crippen molar-refractivity contribution >= 4 is 23.2 Å². The van der Waals surface area contributed by atoms with Crippen LogP contribution >= 0.6 is 11.3 Å². The second-order valence-electron chi connectivity index (χ2n) is 5.67. The van der Waals surface area contributed by atoms with Crippen LogP contribution < -0.4 is 5.32 Å². The lowest BCUT2D eigenvalue weighted by atomic mass is 10.1. The lowest BCUT2D eigenvalue weighted by Gasteiger charge is -2.16. The molecule has 0 bridgehead atoms. The molecule has 1 N–H and O–H groups in total. The first-order valence-corrected chi connectivity index (χ1v) is 8.63. The molecule has 0 aliphatic carbocycles. The molecular formula is C17H19N3O2S. The standard InChI is InChI=1S/C17H19N3O2S/c21-16-9-14(10-20(16)11-15-3-1-2-6-18-15)17(22)19-7-4-13-5-8-23-12-13/h1-3,5-6,8,12,14H,4,7,9-11H2,(H,19,22)/t14-/m0/s1. The Balaban J connectivity index is 1.47. The summed E-state index contributed by atoms with van der Waals surface area (Å²) in [6.07, 6.45) is 2.83. The first kappa shape index (κ1) is 15.7. The molecule has 120 valence electrons. The summed E-state index contributed by atoms with van der Waals surface area (Å²) in [7, 11) is 0. The van der Waals surface area contributed by atoms with E-state index < -0.39 is 0 Å². The Morgan fingerprint density at radius 2 is 2.30 bits per heavy atom. The van der Waals surface area contributed by atoms with Crippen molar-refractivity contribution in [2.45, 2.75) is 19.4 Å². The number of thiophene rings is 1. The average molecular weight is 329 g/mol. The van der Waals surface area contributed by atoms with E-state index in [0.717, 1.165) is 12.1 Å². The van der Waals surface area contributed by atoms with E-state index in [-0.39, 0.29) is 24.2 Å². The van der Waals surface area contributed by atoms with E-state index in [9.17, 15) is 9.59 Å². The predicted octanol–water partition coefficient (Wildman–Crippen LogP) is 1.85. The van der Waals surface area contributed by atoms with Crippen molar-refractivity contribution < 1.29 is 9.59 Å². The maximum Gasteiger partial charge on any atom is 0.225 e. The second kappa shape index (κ2) is 7.37. The number of carbonyl (C=O) groups excluding carboxylic acids is 2. The minimum atomic E-state index is -0.256. The van der Waals surface area contributed by atoms with Gasteiger partial charge >= 0.3 is 0 Å². The number of carbonyl (C=O) groups is 2. The van der Waals surface area contributed by atoms with Crippen LogP contribution in [0, 0.1) is 5.92 Å². The maximum atomic E-state index is 12.2. The Bertz CT molecular complexity index is 658. The van der Waals surface area contributed by atoms with Crippen LogP contribution in [0.2, 0.25) is 0 Å². The molecule has 0 spiro atoms. The van der Waals surface area contributed by atoms with Crippen molar-refractivity contribution in [3.05, 3.63) is 52.5 Å². The fourth-order valence-corrected chi connectivity index (χ4v) is 3.40. The smallest absolute Gasteiger partial charge is 0.225 e. The molecule has 1 aliphatic heterocycles. The Hall–Kier alpha value is -2.21. The molecule has 0 aromatic carbocycles. The zero-order valence-electron chi connectivity index (χ0n) is 12.8. The number of hydrogen-bond donors (Lipinski definition) is 1. The average Bonchev–Trinajstić information content (AvgIpc) is 3.19. The number of rotatable bonds is 6. The molecule has 5 nitrogen and oxygen atoms in total. The number of hydrogen-bond acceptors (Lipinski definition) is 4. The topological polar surface area (TPSA) is 62.3 Å². The summed E-state index contributed by atoms with van der Waals surface area (Å²) in [5.74, 6) is -0.264. The Kier molecular flexibility index (Phi) is 5.02. The van der Waals surface area contributed by atoms with Gasteiger partial charge in [0.05, 0.1) is 18.2 Å². The van der Waals surface area contributed by atoms with Crippen molar-refractivity contribution in [2.75, 3.05) is 13.1 Å². The first-order valence-electron chi connectivity index (χ1n) is 7.69. The fourth-order valence-electron chi connectivity index (χ4n) is 2.70. The van der Waals surface area contributed by atoms with E-state index in [1.165, 1.54) is 5.56 Å². The largest absolute Gasteiger partial charge is 0.355 e. The van der Waals surface area contributed by atoms with Crippen molar-refractivity contribution in [1.29, 1.82) is 0 Å². The highest BCUT2D eigenvalue weighted by atomic mass is 32.1. The number of nitrogens with one attached hydrogen (secondary N) is 1. The van der Waals surface area contributed by atoms with E-state index in [0.29, 0.717) is 19.6 Å². The fraction of sp³-hybridized carbons (Fsp3) is 0.353. The summed E-state index contributed by atoms with van der Waals surface area (Å²) in [5, 5.41) is 7.05. The van der Waals surface area contributed by atoms with Crippen LogP contribution in [0.5, 0.6) is 0 Å². The second-order valence-corrected chi connectivity index (χ2v) is 6.45. The summed E-state index contributed by atoms with van der Waals surface area (Å²) in [5.41, 5.74) is 2.08. The van der Waals surface area contributed by atoms with Gasteiger partial charge in [-0.05, 0) is 40.9 Å². The van der Waals surface area contributed by atoms with E-state index in [4.69, 9.17) is 0 Å². The van der Waals surface area contributed by atoms with Crippen molar-refractivity contribution in [2.24, 2.45) is 5.92 Å². The lowest BCUT2D eigenvalue weighted by Crippen LogP contribution is -2.34. The van der Waals surface area contributed by atoms with Crippen LogP contribution in [0.4, 0.5) is 0 Å².